The molecule has 0 N–H and O–H groups in total. The van der Waals surface area contributed by atoms with Gasteiger partial charge in [-0.1, -0.05) is 0 Å². The second-order valence-electron chi connectivity index (χ2n) is 4.75. The van der Waals surface area contributed by atoms with E-state index < -0.39 is 0 Å². The predicted octanol–water partition coefficient (Wildman–Crippen LogP) is 3.23. The van der Waals surface area contributed by atoms with Crippen LogP contribution in [0.15, 0.2) is 42.5 Å². The lowest BCUT2D eigenvalue weighted by molar-refractivity contribution is 0.101. The molecule has 0 heterocycles. The quantitative estimate of drug-likeness (QED) is 0.580. The van der Waals surface area contributed by atoms with Crippen LogP contribution in [0, 0.1) is 11.3 Å². The maximum atomic E-state index is 11.4. The van der Waals surface area contributed by atoms with E-state index in [0.29, 0.717) is 41.6 Å². The van der Waals surface area contributed by atoms with Gasteiger partial charge in [-0.3, -0.25) is 4.79 Å². The first-order valence-corrected chi connectivity index (χ1v) is 7.09. The minimum atomic E-state index is -0.0287. The Morgan fingerprint density at radius 3 is 2.35 bits per heavy atom. The van der Waals surface area contributed by atoms with Crippen molar-refractivity contribution >= 4 is 5.78 Å². The number of ether oxygens (including phenoxy) is 3. The van der Waals surface area contributed by atoms with Gasteiger partial charge in [-0.05, 0) is 49.4 Å². The van der Waals surface area contributed by atoms with E-state index in [-0.39, 0.29) is 5.78 Å². The van der Waals surface area contributed by atoms with Crippen LogP contribution in [0.4, 0.5) is 0 Å². The minimum absolute atomic E-state index is 0.0287. The molecule has 23 heavy (non-hydrogen) atoms. The standard InChI is InChI=1S/C18H17NO4/c1-13(20)15-5-8-17(18(11-15)21-2)23-10-9-22-16-6-3-14(12-19)4-7-16/h3-8,11H,9-10H2,1-2H3. The molecule has 5 nitrogen and oxygen atoms in total. The van der Waals surface area contributed by atoms with Gasteiger partial charge in [0.25, 0.3) is 0 Å². The third kappa shape index (κ3) is 4.48. The van der Waals surface area contributed by atoms with Crippen LogP contribution in [-0.4, -0.2) is 26.1 Å². The summed E-state index contributed by atoms with van der Waals surface area (Å²) in [6.07, 6.45) is 0. The van der Waals surface area contributed by atoms with Crippen molar-refractivity contribution < 1.29 is 19.0 Å². The molecule has 0 spiro atoms. The van der Waals surface area contributed by atoms with E-state index in [1.807, 2.05) is 6.07 Å². The molecule has 0 amide bonds. The van der Waals surface area contributed by atoms with E-state index in [2.05, 4.69) is 0 Å². The van der Waals surface area contributed by atoms with Gasteiger partial charge in [0.05, 0.1) is 18.7 Å². The van der Waals surface area contributed by atoms with E-state index >= 15 is 0 Å². The second kappa shape index (κ2) is 7.85. The fourth-order valence-corrected chi connectivity index (χ4v) is 1.94. The zero-order valence-electron chi connectivity index (χ0n) is 13.0. The smallest absolute Gasteiger partial charge is 0.161 e. The number of hydrogen-bond donors (Lipinski definition) is 0. The zero-order chi connectivity index (χ0) is 16.7. The van der Waals surface area contributed by atoms with Gasteiger partial charge in [-0.25, -0.2) is 0 Å². The topological polar surface area (TPSA) is 68.6 Å². The Labute approximate surface area is 135 Å². The number of Topliss-reactive ketones (excluding diaryl/α,β-unsaturated/α-hetero) is 1. The van der Waals surface area contributed by atoms with Crippen molar-refractivity contribution in [3.05, 3.63) is 53.6 Å². The van der Waals surface area contributed by atoms with Gasteiger partial charge in [-0.2, -0.15) is 5.26 Å². The van der Waals surface area contributed by atoms with Crippen molar-refractivity contribution in [3.63, 3.8) is 0 Å². The Morgan fingerprint density at radius 2 is 1.74 bits per heavy atom. The Bertz CT molecular complexity index is 717. The van der Waals surface area contributed by atoms with E-state index in [1.165, 1.54) is 14.0 Å². The van der Waals surface area contributed by atoms with Gasteiger partial charge in [0, 0.05) is 5.56 Å². The summed E-state index contributed by atoms with van der Waals surface area (Å²) in [6.45, 7) is 2.18. The molecule has 0 saturated heterocycles. The molecule has 0 aliphatic rings. The number of hydrogen-bond acceptors (Lipinski definition) is 5. The van der Waals surface area contributed by atoms with Crippen molar-refractivity contribution in [1.29, 1.82) is 5.26 Å². The lowest BCUT2D eigenvalue weighted by Crippen LogP contribution is -2.09. The van der Waals surface area contributed by atoms with Crippen LogP contribution in [0.5, 0.6) is 17.2 Å². The lowest BCUT2D eigenvalue weighted by atomic mass is 10.1. The van der Waals surface area contributed by atoms with Crippen LogP contribution in [0.25, 0.3) is 0 Å². The summed E-state index contributed by atoms with van der Waals surface area (Å²) in [5, 5.41) is 8.73. The predicted molar refractivity (Wildman–Crippen MR) is 85.1 cm³/mol. The molecule has 2 aromatic rings. The molecule has 5 heteroatoms. The number of rotatable bonds is 7. The summed E-state index contributed by atoms with van der Waals surface area (Å²) in [5.74, 6) is 1.71. The van der Waals surface area contributed by atoms with Crippen molar-refractivity contribution in [1.82, 2.24) is 0 Å². The summed E-state index contributed by atoms with van der Waals surface area (Å²) in [5.41, 5.74) is 1.16. The first kappa shape index (κ1) is 16.4. The van der Waals surface area contributed by atoms with Crippen molar-refractivity contribution in [2.24, 2.45) is 0 Å². The Hall–Kier alpha value is -3.00. The molecule has 0 aliphatic heterocycles. The van der Waals surface area contributed by atoms with Crippen molar-refractivity contribution in [2.75, 3.05) is 20.3 Å². The normalized spacial score (nSPS) is 9.78. The van der Waals surface area contributed by atoms with Gasteiger partial charge < -0.3 is 14.2 Å². The van der Waals surface area contributed by atoms with Gasteiger partial charge in [0.1, 0.15) is 19.0 Å². The van der Waals surface area contributed by atoms with Crippen LogP contribution in [0.3, 0.4) is 0 Å². The summed E-state index contributed by atoms with van der Waals surface area (Å²) in [6, 6.07) is 14.0. The third-order valence-corrected chi connectivity index (χ3v) is 3.16. The maximum absolute atomic E-state index is 11.4. The lowest BCUT2D eigenvalue weighted by Gasteiger charge is -2.12. The second-order valence-corrected chi connectivity index (χ2v) is 4.75. The number of nitriles is 1. The number of ketones is 1. The van der Waals surface area contributed by atoms with Gasteiger partial charge in [0.2, 0.25) is 0 Å². The molecule has 0 atom stereocenters. The molecular weight excluding hydrogens is 294 g/mol. The van der Waals surface area contributed by atoms with Crippen molar-refractivity contribution in [2.45, 2.75) is 6.92 Å². The van der Waals surface area contributed by atoms with E-state index in [1.54, 1.807) is 42.5 Å². The van der Waals surface area contributed by atoms with E-state index in [9.17, 15) is 4.79 Å². The van der Waals surface area contributed by atoms with E-state index in [4.69, 9.17) is 19.5 Å². The van der Waals surface area contributed by atoms with Crippen LogP contribution in [0.1, 0.15) is 22.8 Å². The zero-order valence-corrected chi connectivity index (χ0v) is 13.0. The molecular formula is C18H17NO4. The molecule has 0 saturated carbocycles. The molecule has 2 aromatic carbocycles. The van der Waals surface area contributed by atoms with Crippen molar-refractivity contribution in [3.8, 4) is 23.3 Å². The first-order valence-electron chi connectivity index (χ1n) is 7.09. The fourth-order valence-electron chi connectivity index (χ4n) is 1.94. The highest BCUT2D eigenvalue weighted by molar-refractivity contribution is 5.94. The minimum Gasteiger partial charge on any atom is -0.493 e. The van der Waals surface area contributed by atoms with Gasteiger partial charge in [0.15, 0.2) is 17.3 Å². The monoisotopic (exact) mass is 311 g/mol. The third-order valence-electron chi connectivity index (χ3n) is 3.16. The number of carbonyl (C=O) groups excluding carboxylic acids is 1. The molecule has 2 rings (SSSR count). The number of nitrogens with zero attached hydrogens (tertiary/aromatic N) is 1. The molecule has 0 fully saturated rings. The average molecular weight is 311 g/mol. The van der Waals surface area contributed by atoms with Crippen LogP contribution in [-0.2, 0) is 0 Å². The summed E-state index contributed by atoms with van der Waals surface area (Å²) < 4.78 is 16.4. The molecule has 0 aromatic heterocycles. The van der Waals surface area contributed by atoms with Gasteiger partial charge >= 0.3 is 0 Å². The highest BCUT2D eigenvalue weighted by Gasteiger charge is 2.08. The van der Waals surface area contributed by atoms with E-state index in [0.717, 1.165) is 0 Å². The summed E-state index contributed by atoms with van der Waals surface area (Å²) in [7, 11) is 1.53. The average Bonchev–Trinajstić information content (AvgIpc) is 2.59. The Morgan fingerprint density at radius 1 is 1.04 bits per heavy atom. The molecule has 0 unspecified atom stereocenters. The van der Waals surface area contributed by atoms with Crippen LogP contribution >= 0.6 is 0 Å². The first-order chi connectivity index (χ1) is 11.1. The molecule has 0 aliphatic carbocycles. The Balaban J connectivity index is 1.88. The molecule has 0 bridgehead atoms. The highest BCUT2D eigenvalue weighted by Crippen LogP contribution is 2.28. The maximum Gasteiger partial charge on any atom is 0.161 e. The number of carbonyl (C=O) groups is 1. The van der Waals surface area contributed by atoms with Crippen LogP contribution < -0.4 is 14.2 Å². The SMILES string of the molecule is COc1cc(C(C)=O)ccc1OCCOc1ccc(C#N)cc1. The largest absolute Gasteiger partial charge is 0.493 e. The summed E-state index contributed by atoms with van der Waals surface area (Å²) >= 11 is 0. The number of benzene rings is 2. The molecule has 118 valence electrons. The summed E-state index contributed by atoms with van der Waals surface area (Å²) in [4.78, 5) is 11.4. The Kier molecular flexibility index (Phi) is 5.59. The molecule has 0 radical (unpaired) electrons. The highest BCUT2D eigenvalue weighted by atomic mass is 16.5. The van der Waals surface area contributed by atoms with Crippen LogP contribution in [0.2, 0.25) is 0 Å². The van der Waals surface area contributed by atoms with Gasteiger partial charge in [-0.15, -0.1) is 0 Å². The fraction of sp³-hybridized carbons (Fsp3) is 0.222. The number of methoxy groups -OCH3 is 1.